The Morgan fingerprint density at radius 1 is 1.67 bits per heavy atom. The van der Waals surface area contributed by atoms with Crippen LogP contribution in [0.4, 0.5) is 0 Å². The molecule has 0 atom stereocenters. The molecule has 0 saturated carbocycles. The predicted molar refractivity (Wildman–Crippen MR) is 31.4 cm³/mol. The van der Waals surface area contributed by atoms with Crippen LogP contribution in [0.15, 0.2) is 23.5 Å². The van der Waals surface area contributed by atoms with Gasteiger partial charge in [0.15, 0.2) is 0 Å². The molecule has 46 valence electrons. The van der Waals surface area contributed by atoms with E-state index in [0.717, 1.165) is 0 Å². The zero-order valence-electron chi connectivity index (χ0n) is 4.60. The summed E-state index contributed by atoms with van der Waals surface area (Å²) in [7, 11) is 0. The summed E-state index contributed by atoms with van der Waals surface area (Å²) in [6, 6.07) is 3.40. The second-order valence-corrected chi connectivity index (χ2v) is 1.39. The minimum absolute atomic E-state index is 0.542. The first-order valence-electron chi connectivity index (χ1n) is 2.38. The fourth-order valence-electron chi connectivity index (χ4n) is 0.441. The Kier molecular flexibility index (Phi) is 1.74. The molecule has 9 heavy (non-hydrogen) atoms. The summed E-state index contributed by atoms with van der Waals surface area (Å²) >= 11 is 0. The monoisotopic (exact) mass is 123 g/mol. The number of hydrogen-bond donors (Lipinski definition) is 1. The zero-order valence-corrected chi connectivity index (χ0v) is 4.60. The summed E-state index contributed by atoms with van der Waals surface area (Å²) in [6.45, 7) is 0. The highest BCUT2D eigenvalue weighted by atomic mass is 16.4. The highest BCUT2D eigenvalue weighted by molar-refractivity contribution is 5.75. The lowest BCUT2D eigenvalue weighted by Gasteiger charge is -1.83. The maximum Gasteiger partial charge on any atom is 0.107 e. The molecule has 0 fully saturated rings. The number of aromatic nitrogens is 2. The van der Waals surface area contributed by atoms with Crippen molar-refractivity contribution in [3.8, 4) is 0 Å². The average Bonchev–Trinajstić information content (AvgIpc) is 1.91. The minimum Gasteiger partial charge on any atom is -0.411 e. The minimum atomic E-state index is 0.542. The van der Waals surface area contributed by atoms with Crippen molar-refractivity contribution >= 4 is 6.21 Å². The molecule has 1 rings (SSSR count). The van der Waals surface area contributed by atoms with Crippen molar-refractivity contribution in [2.24, 2.45) is 5.16 Å². The van der Waals surface area contributed by atoms with E-state index in [1.807, 2.05) is 0 Å². The zero-order chi connectivity index (χ0) is 6.53. The highest BCUT2D eigenvalue weighted by Gasteiger charge is 1.83. The molecule has 1 N–H and O–H groups in total. The average molecular weight is 123 g/mol. The topological polar surface area (TPSA) is 58.4 Å². The van der Waals surface area contributed by atoms with Gasteiger partial charge in [-0.2, -0.15) is 5.10 Å². The lowest BCUT2D eigenvalue weighted by Crippen LogP contribution is -1.87. The molecule has 0 saturated heterocycles. The quantitative estimate of drug-likeness (QED) is 0.331. The molecule has 0 radical (unpaired) electrons. The van der Waals surface area contributed by atoms with Gasteiger partial charge in [0.25, 0.3) is 0 Å². The van der Waals surface area contributed by atoms with E-state index in [0.29, 0.717) is 5.69 Å². The first-order valence-corrected chi connectivity index (χ1v) is 2.38. The molecule has 0 amide bonds. The van der Waals surface area contributed by atoms with Crippen molar-refractivity contribution in [3.63, 3.8) is 0 Å². The van der Waals surface area contributed by atoms with Crippen LogP contribution in [-0.2, 0) is 0 Å². The van der Waals surface area contributed by atoms with Crippen molar-refractivity contribution in [2.45, 2.75) is 0 Å². The molecule has 0 aliphatic rings. The van der Waals surface area contributed by atoms with Gasteiger partial charge < -0.3 is 5.21 Å². The van der Waals surface area contributed by atoms with E-state index in [4.69, 9.17) is 5.21 Å². The number of oxime groups is 1. The maximum absolute atomic E-state index is 8.02. The smallest absolute Gasteiger partial charge is 0.107 e. The molecule has 0 aromatic carbocycles. The molecule has 1 aromatic heterocycles. The first kappa shape index (κ1) is 5.68. The van der Waals surface area contributed by atoms with E-state index in [9.17, 15) is 0 Å². The van der Waals surface area contributed by atoms with Crippen molar-refractivity contribution in [2.75, 3.05) is 0 Å². The lowest BCUT2D eigenvalue weighted by atomic mass is 10.4. The SMILES string of the molecule is O/N=C/c1cccnn1. The predicted octanol–water partition coefficient (Wildman–Crippen LogP) is 0.285. The number of hydrogen-bond acceptors (Lipinski definition) is 4. The van der Waals surface area contributed by atoms with Crippen LogP contribution in [0, 0.1) is 0 Å². The van der Waals surface area contributed by atoms with Crippen LogP contribution in [-0.4, -0.2) is 21.6 Å². The number of nitrogens with zero attached hydrogens (tertiary/aromatic N) is 3. The van der Waals surface area contributed by atoms with Gasteiger partial charge in [-0.3, -0.25) is 0 Å². The normalized spacial score (nSPS) is 10.2. The van der Waals surface area contributed by atoms with Crippen molar-refractivity contribution in [1.82, 2.24) is 10.2 Å². The molecule has 0 aliphatic heterocycles. The largest absolute Gasteiger partial charge is 0.411 e. The summed E-state index contributed by atoms with van der Waals surface area (Å²) in [6.07, 6.45) is 2.77. The van der Waals surface area contributed by atoms with Crippen molar-refractivity contribution < 1.29 is 5.21 Å². The Morgan fingerprint density at radius 2 is 2.56 bits per heavy atom. The van der Waals surface area contributed by atoms with Gasteiger partial charge >= 0.3 is 0 Å². The molecule has 1 heterocycles. The van der Waals surface area contributed by atoms with Crippen LogP contribution in [0.2, 0.25) is 0 Å². The fraction of sp³-hybridized carbons (Fsp3) is 0. The Hall–Kier alpha value is -1.45. The van der Waals surface area contributed by atoms with Gasteiger partial charge in [0.05, 0.1) is 6.21 Å². The second-order valence-electron chi connectivity index (χ2n) is 1.39. The van der Waals surface area contributed by atoms with Crippen LogP contribution >= 0.6 is 0 Å². The third-order valence-corrected chi connectivity index (χ3v) is 0.783. The Balaban J connectivity index is 2.85. The second kappa shape index (κ2) is 2.76. The molecule has 0 aliphatic carbocycles. The molecule has 4 nitrogen and oxygen atoms in total. The van der Waals surface area contributed by atoms with Crippen LogP contribution in [0.1, 0.15) is 5.69 Å². The molecule has 0 bridgehead atoms. The van der Waals surface area contributed by atoms with Gasteiger partial charge in [-0.05, 0) is 12.1 Å². The Morgan fingerprint density at radius 3 is 3.11 bits per heavy atom. The van der Waals surface area contributed by atoms with Crippen LogP contribution in [0.3, 0.4) is 0 Å². The van der Waals surface area contributed by atoms with Gasteiger partial charge in [-0.15, -0.1) is 5.10 Å². The van der Waals surface area contributed by atoms with E-state index < -0.39 is 0 Å². The summed E-state index contributed by atoms with van der Waals surface area (Å²) < 4.78 is 0. The molecule has 0 unspecified atom stereocenters. The van der Waals surface area contributed by atoms with E-state index in [-0.39, 0.29) is 0 Å². The maximum atomic E-state index is 8.02. The van der Waals surface area contributed by atoms with Crippen molar-refractivity contribution in [3.05, 3.63) is 24.0 Å². The number of rotatable bonds is 1. The standard InChI is InChI=1S/C5H5N3O/c9-7-4-5-2-1-3-6-8-5/h1-4,9H/b7-4+. The lowest BCUT2D eigenvalue weighted by molar-refractivity contribution is 0.321. The summed E-state index contributed by atoms with van der Waals surface area (Å²) in [5.74, 6) is 0. The highest BCUT2D eigenvalue weighted by Crippen LogP contribution is 1.83. The third kappa shape index (κ3) is 1.49. The van der Waals surface area contributed by atoms with Gasteiger partial charge in [0.2, 0.25) is 0 Å². The van der Waals surface area contributed by atoms with E-state index in [1.54, 1.807) is 18.3 Å². The summed E-state index contributed by atoms with van der Waals surface area (Å²) in [5.41, 5.74) is 0.542. The molecular formula is C5H5N3O. The van der Waals surface area contributed by atoms with Crippen molar-refractivity contribution in [1.29, 1.82) is 0 Å². The van der Waals surface area contributed by atoms with Gasteiger partial charge in [0.1, 0.15) is 5.69 Å². The Labute approximate surface area is 51.8 Å². The molecule has 4 heteroatoms. The summed E-state index contributed by atoms with van der Waals surface area (Å²) in [4.78, 5) is 0. The van der Waals surface area contributed by atoms with E-state index in [2.05, 4.69) is 15.4 Å². The van der Waals surface area contributed by atoms with Gasteiger partial charge in [-0.1, -0.05) is 5.16 Å². The first-order chi connectivity index (χ1) is 4.43. The molecular weight excluding hydrogens is 118 g/mol. The van der Waals surface area contributed by atoms with Crippen LogP contribution in [0.25, 0.3) is 0 Å². The van der Waals surface area contributed by atoms with Gasteiger partial charge in [0, 0.05) is 6.20 Å². The fourth-order valence-corrected chi connectivity index (χ4v) is 0.441. The summed E-state index contributed by atoms with van der Waals surface area (Å²) in [5, 5.41) is 18.0. The van der Waals surface area contributed by atoms with E-state index >= 15 is 0 Å². The van der Waals surface area contributed by atoms with Crippen LogP contribution in [0.5, 0.6) is 0 Å². The molecule has 0 spiro atoms. The van der Waals surface area contributed by atoms with Gasteiger partial charge in [-0.25, -0.2) is 0 Å². The van der Waals surface area contributed by atoms with E-state index in [1.165, 1.54) is 6.21 Å². The third-order valence-electron chi connectivity index (χ3n) is 0.783. The van der Waals surface area contributed by atoms with Crippen LogP contribution < -0.4 is 0 Å². The Bertz CT molecular complexity index is 197. The molecule has 1 aromatic rings.